The highest BCUT2D eigenvalue weighted by molar-refractivity contribution is 5.61. The summed E-state index contributed by atoms with van der Waals surface area (Å²) in [7, 11) is 0. The molecular formula is C14H18N4. The fourth-order valence-electron chi connectivity index (χ4n) is 1.98. The molecule has 0 saturated heterocycles. The molecule has 0 radical (unpaired) electrons. The first-order chi connectivity index (χ1) is 8.85. The minimum Gasteiger partial charge on any atom is -0.310 e. The molecule has 2 heterocycles. The van der Waals surface area contributed by atoms with Crippen LogP contribution in [0.4, 0.5) is 0 Å². The number of nitrogens with one attached hydrogen (secondary N) is 1. The highest BCUT2D eigenvalue weighted by atomic mass is 15.3. The predicted octanol–water partition coefficient (Wildman–Crippen LogP) is 2.22. The lowest BCUT2D eigenvalue weighted by molar-refractivity contribution is 0.660. The molecule has 18 heavy (non-hydrogen) atoms. The van der Waals surface area contributed by atoms with E-state index in [4.69, 9.17) is 0 Å². The zero-order valence-electron chi connectivity index (χ0n) is 10.6. The van der Waals surface area contributed by atoms with Crippen LogP contribution in [0.5, 0.6) is 0 Å². The summed E-state index contributed by atoms with van der Waals surface area (Å²) in [4.78, 5) is 4.32. The Kier molecular flexibility index (Phi) is 3.11. The van der Waals surface area contributed by atoms with Crippen molar-refractivity contribution in [3.05, 3.63) is 36.4 Å². The number of aromatic nitrogens is 3. The summed E-state index contributed by atoms with van der Waals surface area (Å²) in [5.74, 6) is 0. The van der Waals surface area contributed by atoms with Gasteiger partial charge in [0.2, 0.25) is 0 Å². The molecular weight excluding hydrogens is 224 g/mol. The Labute approximate surface area is 107 Å². The molecule has 2 aromatic rings. The first-order valence-electron chi connectivity index (χ1n) is 6.55. The summed E-state index contributed by atoms with van der Waals surface area (Å²) in [6, 6.07) is 2.93. The third-order valence-electron chi connectivity index (χ3n) is 3.26. The highest BCUT2D eigenvalue weighted by Gasteiger charge is 2.19. The minimum atomic E-state index is 0.733. The van der Waals surface area contributed by atoms with Crippen LogP contribution in [-0.4, -0.2) is 20.8 Å². The maximum Gasteiger partial charge on any atom is 0.0568 e. The van der Waals surface area contributed by atoms with Gasteiger partial charge in [-0.05, 0) is 31.4 Å². The van der Waals surface area contributed by atoms with E-state index in [-0.39, 0.29) is 0 Å². The van der Waals surface area contributed by atoms with Gasteiger partial charge in [-0.2, -0.15) is 5.10 Å². The summed E-state index contributed by atoms with van der Waals surface area (Å²) < 4.78 is 1.93. The van der Waals surface area contributed by atoms with Crippen molar-refractivity contribution in [3.63, 3.8) is 0 Å². The topological polar surface area (TPSA) is 42.7 Å². The van der Waals surface area contributed by atoms with Crippen molar-refractivity contribution in [3.8, 4) is 11.1 Å². The van der Waals surface area contributed by atoms with Gasteiger partial charge in [0, 0.05) is 48.8 Å². The normalized spacial score (nSPS) is 14.9. The summed E-state index contributed by atoms with van der Waals surface area (Å²) in [6.07, 6.45) is 10.4. The van der Waals surface area contributed by atoms with E-state index in [0.717, 1.165) is 30.3 Å². The van der Waals surface area contributed by atoms with E-state index in [1.54, 1.807) is 0 Å². The van der Waals surface area contributed by atoms with E-state index in [1.807, 2.05) is 23.3 Å². The fraction of sp³-hybridized carbons (Fsp3) is 0.429. The van der Waals surface area contributed by atoms with E-state index in [9.17, 15) is 0 Å². The quantitative estimate of drug-likeness (QED) is 0.874. The van der Waals surface area contributed by atoms with Gasteiger partial charge in [-0.1, -0.05) is 0 Å². The van der Waals surface area contributed by atoms with Crippen LogP contribution < -0.4 is 5.32 Å². The molecule has 0 atom stereocenters. The number of pyridine rings is 1. The van der Waals surface area contributed by atoms with Gasteiger partial charge in [-0.15, -0.1) is 0 Å². The molecule has 1 fully saturated rings. The van der Waals surface area contributed by atoms with Gasteiger partial charge in [0.25, 0.3) is 0 Å². The average molecular weight is 242 g/mol. The monoisotopic (exact) mass is 242 g/mol. The fourth-order valence-corrected chi connectivity index (χ4v) is 1.98. The largest absolute Gasteiger partial charge is 0.310 e. The summed E-state index contributed by atoms with van der Waals surface area (Å²) in [5.41, 5.74) is 3.52. The van der Waals surface area contributed by atoms with Crippen LogP contribution in [0.3, 0.4) is 0 Å². The van der Waals surface area contributed by atoms with Gasteiger partial charge in [0.05, 0.1) is 6.20 Å². The number of nitrogens with zero attached hydrogens (tertiary/aromatic N) is 3. The molecule has 1 aliphatic rings. The minimum absolute atomic E-state index is 0.733. The maximum atomic E-state index is 4.32. The molecule has 4 heteroatoms. The number of aryl methyl sites for hydroxylation is 1. The lowest BCUT2D eigenvalue weighted by atomic mass is 10.1. The van der Waals surface area contributed by atoms with E-state index in [1.165, 1.54) is 18.4 Å². The van der Waals surface area contributed by atoms with Crippen LogP contribution in [0.2, 0.25) is 0 Å². The van der Waals surface area contributed by atoms with E-state index >= 15 is 0 Å². The van der Waals surface area contributed by atoms with Crippen molar-refractivity contribution >= 4 is 0 Å². The van der Waals surface area contributed by atoms with Crippen LogP contribution in [0.15, 0.2) is 30.9 Å². The second-order valence-corrected chi connectivity index (χ2v) is 4.82. The number of hydrogen-bond donors (Lipinski definition) is 1. The zero-order chi connectivity index (χ0) is 12.4. The van der Waals surface area contributed by atoms with Crippen molar-refractivity contribution in [2.75, 3.05) is 0 Å². The lowest BCUT2D eigenvalue weighted by Crippen LogP contribution is -2.15. The molecule has 0 unspecified atom stereocenters. The van der Waals surface area contributed by atoms with Crippen LogP contribution in [-0.2, 0) is 13.1 Å². The van der Waals surface area contributed by atoms with Crippen molar-refractivity contribution < 1.29 is 0 Å². The molecule has 4 nitrogen and oxygen atoms in total. The van der Waals surface area contributed by atoms with Crippen LogP contribution in [0.1, 0.15) is 25.3 Å². The zero-order valence-corrected chi connectivity index (χ0v) is 10.6. The Morgan fingerprint density at radius 1 is 1.28 bits per heavy atom. The van der Waals surface area contributed by atoms with E-state index in [0.29, 0.717) is 0 Å². The molecule has 0 bridgehead atoms. The van der Waals surface area contributed by atoms with Crippen LogP contribution >= 0.6 is 0 Å². The lowest BCUT2D eigenvalue weighted by Gasteiger charge is -2.04. The first kappa shape index (κ1) is 11.4. The second kappa shape index (κ2) is 4.90. The standard InChI is InChI=1S/C14H18N4/c1-2-18-10-13(9-17-18)12-5-11(6-15-8-12)7-16-14-3-4-14/h5-6,8-10,14,16H,2-4,7H2,1H3. The molecule has 1 aliphatic carbocycles. The number of hydrogen-bond acceptors (Lipinski definition) is 3. The van der Waals surface area contributed by atoms with Crippen LogP contribution in [0, 0.1) is 0 Å². The average Bonchev–Trinajstić information content (AvgIpc) is 3.12. The Bertz CT molecular complexity index is 528. The Morgan fingerprint density at radius 2 is 2.17 bits per heavy atom. The van der Waals surface area contributed by atoms with Gasteiger partial charge in [0.1, 0.15) is 0 Å². The van der Waals surface area contributed by atoms with Crippen molar-refractivity contribution in [1.82, 2.24) is 20.1 Å². The molecule has 3 rings (SSSR count). The molecule has 0 aliphatic heterocycles. The third kappa shape index (κ3) is 2.59. The first-order valence-corrected chi connectivity index (χ1v) is 6.55. The smallest absolute Gasteiger partial charge is 0.0568 e. The van der Waals surface area contributed by atoms with Crippen molar-refractivity contribution in [2.45, 2.75) is 38.9 Å². The molecule has 2 aromatic heterocycles. The highest BCUT2D eigenvalue weighted by Crippen LogP contribution is 2.21. The van der Waals surface area contributed by atoms with E-state index < -0.39 is 0 Å². The van der Waals surface area contributed by atoms with Gasteiger partial charge in [-0.3, -0.25) is 9.67 Å². The van der Waals surface area contributed by atoms with E-state index in [2.05, 4.69) is 34.6 Å². The molecule has 94 valence electrons. The number of rotatable bonds is 5. The van der Waals surface area contributed by atoms with Gasteiger partial charge >= 0.3 is 0 Å². The predicted molar refractivity (Wildman–Crippen MR) is 71.0 cm³/mol. The second-order valence-electron chi connectivity index (χ2n) is 4.82. The van der Waals surface area contributed by atoms with Gasteiger partial charge in [-0.25, -0.2) is 0 Å². The molecule has 1 N–H and O–H groups in total. The molecule has 0 amide bonds. The van der Waals surface area contributed by atoms with Crippen LogP contribution in [0.25, 0.3) is 11.1 Å². The Hall–Kier alpha value is -1.68. The SMILES string of the molecule is CCn1cc(-c2cncc(CNC3CC3)c2)cn1. The summed E-state index contributed by atoms with van der Waals surface area (Å²) in [6.45, 7) is 3.90. The molecule has 1 saturated carbocycles. The Balaban J connectivity index is 1.76. The van der Waals surface area contributed by atoms with Crippen molar-refractivity contribution in [2.24, 2.45) is 0 Å². The summed E-state index contributed by atoms with van der Waals surface area (Å²) >= 11 is 0. The van der Waals surface area contributed by atoms with Gasteiger partial charge < -0.3 is 5.32 Å². The van der Waals surface area contributed by atoms with Crippen molar-refractivity contribution in [1.29, 1.82) is 0 Å². The molecule has 0 spiro atoms. The third-order valence-corrected chi connectivity index (χ3v) is 3.26. The molecule has 0 aromatic carbocycles. The Morgan fingerprint density at radius 3 is 2.89 bits per heavy atom. The van der Waals surface area contributed by atoms with Gasteiger partial charge in [0.15, 0.2) is 0 Å². The maximum absolute atomic E-state index is 4.32. The summed E-state index contributed by atoms with van der Waals surface area (Å²) in [5, 5.41) is 7.81.